The normalized spacial score (nSPS) is 20.1. The summed E-state index contributed by atoms with van der Waals surface area (Å²) in [5.74, 6) is 0.151. The number of Topliss-reactive ketones (excluding diaryl/α,β-unsaturated/α-hetero) is 1. The first-order valence-electron chi connectivity index (χ1n) is 5.83. The summed E-state index contributed by atoms with van der Waals surface area (Å²) in [4.78, 5) is 12.2. The van der Waals surface area contributed by atoms with Crippen LogP contribution < -0.4 is 0 Å². The molecule has 86 valence electrons. The van der Waals surface area contributed by atoms with Gasteiger partial charge in [0, 0.05) is 12.2 Å². The second-order valence-corrected chi connectivity index (χ2v) is 4.62. The van der Waals surface area contributed by atoms with Crippen LogP contribution in [0.2, 0.25) is 0 Å². The van der Waals surface area contributed by atoms with Gasteiger partial charge in [-0.15, -0.1) is 0 Å². The summed E-state index contributed by atoms with van der Waals surface area (Å²) in [6, 6.07) is 4.08. The van der Waals surface area contributed by atoms with Gasteiger partial charge in [0.15, 0.2) is 5.78 Å². The van der Waals surface area contributed by atoms with E-state index in [4.69, 9.17) is 4.74 Å². The number of carbonyl (C=O) groups excluding carboxylic acids is 1. The van der Waals surface area contributed by atoms with Gasteiger partial charge in [-0.05, 0) is 56.4 Å². The largest absolute Gasteiger partial charge is 0.370 e. The third-order valence-corrected chi connectivity index (χ3v) is 3.33. The molecule has 16 heavy (non-hydrogen) atoms. The summed E-state index contributed by atoms with van der Waals surface area (Å²) >= 11 is 0. The fraction of sp³-hybridized carbons (Fsp3) is 0.500. The maximum absolute atomic E-state index is 12.2. The van der Waals surface area contributed by atoms with Gasteiger partial charge in [0.25, 0.3) is 0 Å². The van der Waals surface area contributed by atoms with Crippen LogP contribution in [0.25, 0.3) is 0 Å². The van der Waals surface area contributed by atoms with E-state index in [2.05, 4.69) is 13.0 Å². The standard InChI is InChI=1S/C14H18O2/c1-9-7-11(3)12(8-10(9)2)14(15)13-5-4-6-16-13/h7-8,13H,4-6H2,1-3H3. The van der Waals surface area contributed by atoms with Crippen molar-refractivity contribution in [2.24, 2.45) is 0 Å². The molecule has 0 amide bonds. The zero-order valence-electron chi connectivity index (χ0n) is 10.2. The van der Waals surface area contributed by atoms with Crippen LogP contribution in [0.3, 0.4) is 0 Å². The molecule has 1 atom stereocenters. The maximum atomic E-state index is 12.2. The SMILES string of the molecule is Cc1cc(C)c(C(=O)C2CCCO2)cc1C. The first kappa shape index (κ1) is 11.3. The predicted molar refractivity (Wildman–Crippen MR) is 64.0 cm³/mol. The van der Waals surface area contributed by atoms with E-state index in [0.29, 0.717) is 0 Å². The Balaban J connectivity index is 2.32. The van der Waals surface area contributed by atoms with Gasteiger partial charge in [0.2, 0.25) is 0 Å². The molecule has 1 aliphatic rings. The average Bonchev–Trinajstić information content (AvgIpc) is 2.75. The first-order valence-corrected chi connectivity index (χ1v) is 5.83. The highest BCUT2D eigenvalue weighted by Gasteiger charge is 2.25. The van der Waals surface area contributed by atoms with E-state index in [0.717, 1.165) is 30.6 Å². The predicted octanol–water partition coefficient (Wildman–Crippen LogP) is 2.97. The average molecular weight is 218 g/mol. The van der Waals surface area contributed by atoms with Crippen LogP contribution >= 0.6 is 0 Å². The van der Waals surface area contributed by atoms with Crippen molar-refractivity contribution in [3.05, 3.63) is 34.4 Å². The molecule has 1 heterocycles. The van der Waals surface area contributed by atoms with Crippen molar-refractivity contribution in [1.82, 2.24) is 0 Å². The molecule has 1 aromatic rings. The molecule has 0 saturated carbocycles. The van der Waals surface area contributed by atoms with Gasteiger partial charge < -0.3 is 4.74 Å². The number of ether oxygens (including phenoxy) is 1. The molecular formula is C14H18O2. The summed E-state index contributed by atoms with van der Waals surface area (Å²) in [5, 5.41) is 0. The van der Waals surface area contributed by atoms with Crippen LogP contribution in [0.4, 0.5) is 0 Å². The van der Waals surface area contributed by atoms with Gasteiger partial charge >= 0.3 is 0 Å². The Labute approximate surface area is 96.6 Å². The number of ketones is 1. The van der Waals surface area contributed by atoms with Gasteiger partial charge in [-0.25, -0.2) is 0 Å². The summed E-state index contributed by atoms with van der Waals surface area (Å²) < 4.78 is 5.44. The Bertz CT molecular complexity index is 415. The Morgan fingerprint density at radius 3 is 2.50 bits per heavy atom. The molecule has 1 fully saturated rings. The lowest BCUT2D eigenvalue weighted by atomic mass is 9.95. The summed E-state index contributed by atoms with van der Waals surface area (Å²) in [6.07, 6.45) is 1.66. The van der Waals surface area contributed by atoms with Gasteiger partial charge in [-0.1, -0.05) is 6.07 Å². The Hall–Kier alpha value is -1.15. The molecule has 2 rings (SSSR count). The molecular weight excluding hydrogens is 200 g/mol. The van der Waals surface area contributed by atoms with E-state index in [9.17, 15) is 4.79 Å². The Morgan fingerprint density at radius 1 is 1.19 bits per heavy atom. The highest BCUT2D eigenvalue weighted by Crippen LogP contribution is 2.22. The minimum absolute atomic E-state index is 0.151. The highest BCUT2D eigenvalue weighted by molar-refractivity contribution is 6.01. The van der Waals surface area contributed by atoms with E-state index in [1.807, 2.05) is 19.9 Å². The molecule has 1 aliphatic heterocycles. The van der Waals surface area contributed by atoms with Crippen LogP contribution in [0.15, 0.2) is 12.1 Å². The fourth-order valence-electron chi connectivity index (χ4n) is 2.18. The summed E-state index contributed by atoms with van der Waals surface area (Å²) in [5.41, 5.74) is 4.30. The lowest BCUT2D eigenvalue weighted by molar-refractivity contribution is 0.0642. The number of carbonyl (C=O) groups is 1. The quantitative estimate of drug-likeness (QED) is 0.713. The second-order valence-electron chi connectivity index (χ2n) is 4.62. The van der Waals surface area contributed by atoms with Crippen molar-refractivity contribution >= 4 is 5.78 Å². The smallest absolute Gasteiger partial charge is 0.191 e. The van der Waals surface area contributed by atoms with E-state index >= 15 is 0 Å². The van der Waals surface area contributed by atoms with Crippen molar-refractivity contribution in [2.75, 3.05) is 6.61 Å². The molecule has 1 unspecified atom stereocenters. The van der Waals surface area contributed by atoms with E-state index in [1.54, 1.807) is 0 Å². The Kier molecular flexibility index (Phi) is 3.10. The third-order valence-electron chi connectivity index (χ3n) is 3.33. The van der Waals surface area contributed by atoms with Gasteiger partial charge in [0.05, 0.1) is 0 Å². The molecule has 2 nitrogen and oxygen atoms in total. The van der Waals surface area contributed by atoms with Crippen molar-refractivity contribution in [3.63, 3.8) is 0 Å². The Morgan fingerprint density at radius 2 is 1.88 bits per heavy atom. The molecule has 0 aliphatic carbocycles. The zero-order chi connectivity index (χ0) is 11.7. The van der Waals surface area contributed by atoms with E-state index < -0.39 is 0 Å². The number of aryl methyl sites for hydroxylation is 3. The lowest BCUT2D eigenvalue weighted by Crippen LogP contribution is -2.20. The minimum Gasteiger partial charge on any atom is -0.370 e. The van der Waals surface area contributed by atoms with Gasteiger partial charge in [-0.3, -0.25) is 4.79 Å². The molecule has 1 saturated heterocycles. The topological polar surface area (TPSA) is 26.3 Å². The van der Waals surface area contributed by atoms with Crippen molar-refractivity contribution < 1.29 is 9.53 Å². The molecule has 2 heteroatoms. The second kappa shape index (κ2) is 4.38. The summed E-state index contributed by atoms with van der Waals surface area (Å²) in [6.45, 7) is 6.83. The van der Waals surface area contributed by atoms with Crippen molar-refractivity contribution in [2.45, 2.75) is 39.7 Å². The van der Waals surface area contributed by atoms with Crippen LogP contribution in [0.5, 0.6) is 0 Å². The molecule has 0 radical (unpaired) electrons. The molecule has 0 bridgehead atoms. The molecule has 0 spiro atoms. The molecule has 1 aromatic carbocycles. The summed E-state index contributed by atoms with van der Waals surface area (Å²) in [7, 11) is 0. The van der Waals surface area contributed by atoms with Gasteiger partial charge in [0.1, 0.15) is 6.10 Å². The fourth-order valence-corrected chi connectivity index (χ4v) is 2.18. The number of rotatable bonds is 2. The lowest BCUT2D eigenvalue weighted by Gasteiger charge is -2.12. The number of hydrogen-bond donors (Lipinski definition) is 0. The monoisotopic (exact) mass is 218 g/mol. The van der Waals surface area contributed by atoms with Crippen LogP contribution in [-0.4, -0.2) is 18.5 Å². The van der Waals surface area contributed by atoms with Crippen molar-refractivity contribution in [1.29, 1.82) is 0 Å². The van der Waals surface area contributed by atoms with E-state index in [-0.39, 0.29) is 11.9 Å². The molecule has 0 aromatic heterocycles. The first-order chi connectivity index (χ1) is 7.59. The number of hydrogen-bond acceptors (Lipinski definition) is 2. The van der Waals surface area contributed by atoms with Crippen LogP contribution in [0, 0.1) is 20.8 Å². The van der Waals surface area contributed by atoms with Crippen LogP contribution in [0.1, 0.15) is 39.9 Å². The van der Waals surface area contributed by atoms with E-state index in [1.165, 1.54) is 11.1 Å². The molecule has 0 N–H and O–H groups in total. The van der Waals surface area contributed by atoms with Gasteiger partial charge in [-0.2, -0.15) is 0 Å². The highest BCUT2D eigenvalue weighted by atomic mass is 16.5. The number of benzene rings is 1. The van der Waals surface area contributed by atoms with Crippen LogP contribution in [-0.2, 0) is 4.74 Å². The maximum Gasteiger partial charge on any atom is 0.191 e. The zero-order valence-corrected chi connectivity index (χ0v) is 10.2. The third kappa shape index (κ3) is 2.03. The van der Waals surface area contributed by atoms with Crippen molar-refractivity contribution in [3.8, 4) is 0 Å². The minimum atomic E-state index is -0.208.